The fraction of sp³-hybridized carbons (Fsp3) is 0.600. The van der Waals surface area contributed by atoms with Gasteiger partial charge in [-0.1, -0.05) is 18.5 Å². The highest BCUT2D eigenvalue weighted by molar-refractivity contribution is 6.31. The molecule has 1 fully saturated rings. The number of halogens is 1. The average Bonchev–Trinajstić information content (AvgIpc) is 2.51. The van der Waals surface area contributed by atoms with Crippen LogP contribution >= 0.6 is 11.6 Å². The number of piperidine rings is 1. The van der Waals surface area contributed by atoms with E-state index < -0.39 is 4.92 Å². The van der Waals surface area contributed by atoms with Gasteiger partial charge in [0.05, 0.1) is 4.92 Å². The summed E-state index contributed by atoms with van der Waals surface area (Å²) in [5.74, 6) is -0.316. The van der Waals surface area contributed by atoms with Gasteiger partial charge < -0.3 is 10.2 Å². The highest BCUT2D eigenvalue weighted by atomic mass is 35.5. The van der Waals surface area contributed by atoms with Crippen molar-refractivity contribution in [3.8, 4) is 5.75 Å². The summed E-state index contributed by atoms with van der Waals surface area (Å²) in [6.07, 6.45) is 2.69. The van der Waals surface area contributed by atoms with E-state index in [0.29, 0.717) is 12.1 Å². The molecule has 0 amide bonds. The number of phenols is 1. The SMILES string of the molecule is CCC1(CO)CCN(Cc2cc(Cl)cc([N+](=O)[O-])c2O)CC1. The normalized spacial score (nSPS) is 18.3. The molecule has 122 valence electrons. The van der Waals surface area contributed by atoms with Gasteiger partial charge in [0.25, 0.3) is 0 Å². The van der Waals surface area contributed by atoms with E-state index >= 15 is 0 Å². The molecule has 1 heterocycles. The Morgan fingerprint density at radius 1 is 1.41 bits per heavy atom. The second kappa shape index (κ2) is 6.81. The molecule has 1 aromatic rings. The minimum atomic E-state index is -0.630. The molecule has 1 saturated heterocycles. The predicted octanol–water partition coefficient (Wildman–Crippen LogP) is 2.94. The minimum Gasteiger partial charge on any atom is -0.502 e. The summed E-state index contributed by atoms with van der Waals surface area (Å²) < 4.78 is 0. The van der Waals surface area contributed by atoms with Crippen molar-refractivity contribution in [1.82, 2.24) is 4.90 Å². The maximum atomic E-state index is 10.9. The maximum Gasteiger partial charge on any atom is 0.312 e. The molecule has 6 nitrogen and oxygen atoms in total. The Kier molecular flexibility index (Phi) is 5.26. The molecule has 0 bridgehead atoms. The van der Waals surface area contributed by atoms with Crippen LogP contribution in [-0.4, -0.2) is 39.7 Å². The van der Waals surface area contributed by atoms with Crippen LogP contribution in [-0.2, 0) is 6.54 Å². The monoisotopic (exact) mass is 328 g/mol. The number of nitro groups is 1. The highest BCUT2D eigenvalue weighted by Gasteiger charge is 2.32. The Morgan fingerprint density at radius 2 is 2.05 bits per heavy atom. The third kappa shape index (κ3) is 3.51. The molecule has 1 aliphatic heterocycles. The zero-order chi connectivity index (χ0) is 16.3. The number of phenolic OH excluding ortho intramolecular Hbond substituents is 1. The Bertz CT molecular complexity index is 551. The number of rotatable bonds is 5. The lowest BCUT2D eigenvalue weighted by Crippen LogP contribution is -2.41. The fourth-order valence-corrected chi connectivity index (χ4v) is 3.18. The molecule has 0 spiro atoms. The Hall–Kier alpha value is -1.37. The van der Waals surface area contributed by atoms with E-state index in [9.17, 15) is 20.3 Å². The molecule has 0 unspecified atom stereocenters. The van der Waals surface area contributed by atoms with Crippen molar-refractivity contribution < 1.29 is 15.1 Å². The second-order valence-corrected chi connectivity index (χ2v) is 6.41. The zero-order valence-corrected chi connectivity index (χ0v) is 13.3. The van der Waals surface area contributed by atoms with Gasteiger partial charge in [-0.25, -0.2) is 0 Å². The summed E-state index contributed by atoms with van der Waals surface area (Å²) in [5.41, 5.74) is 0.0868. The smallest absolute Gasteiger partial charge is 0.312 e. The first-order chi connectivity index (χ1) is 10.4. The van der Waals surface area contributed by atoms with Crippen LogP contribution in [0.5, 0.6) is 5.75 Å². The van der Waals surface area contributed by atoms with Crippen molar-refractivity contribution in [2.45, 2.75) is 32.7 Å². The third-order valence-electron chi connectivity index (χ3n) is 4.73. The van der Waals surface area contributed by atoms with E-state index in [0.717, 1.165) is 38.4 Å². The van der Waals surface area contributed by atoms with Gasteiger partial charge in [0.15, 0.2) is 5.75 Å². The van der Waals surface area contributed by atoms with Gasteiger partial charge in [-0.2, -0.15) is 0 Å². The number of hydrogen-bond donors (Lipinski definition) is 2. The topological polar surface area (TPSA) is 86.8 Å². The Morgan fingerprint density at radius 3 is 2.55 bits per heavy atom. The first kappa shape index (κ1) is 17.0. The predicted molar refractivity (Wildman–Crippen MR) is 84.1 cm³/mol. The van der Waals surface area contributed by atoms with Crippen LogP contribution in [0.3, 0.4) is 0 Å². The lowest BCUT2D eigenvalue weighted by Gasteiger charge is -2.40. The van der Waals surface area contributed by atoms with Crippen molar-refractivity contribution in [3.63, 3.8) is 0 Å². The molecule has 2 N–H and O–H groups in total. The summed E-state index contributed by atoms with van der Waals surface area (Å²) in [6, 6.07) is 2.72. The summed E-state index contributed by atoms with van der Waals surface area (Å²) in [7, 11) is 0. The van der Waals surface area contributed by atoms with E-state index in [4.69, 9.17) is 11.6 Å². The number of nitro benzene ring substituents is 1. The van der Waals surface area contributed by atoms with E-state index in [1.807, 2.05) is 0 Å². The lowest BCUT2D eigenvalue weighted by molar-refractivity contribution is -0.385. The average molecular weight is 329 g/mol. The Balaban J connectivity index is 2.11. The van der Waals surface area contributed by atoms with Crippen molar-refractivity contribution >= 4 is 17.3 Å². The fourth-order valence-electron chi connectivity index (χ4n) is 2.95. The number of likely N-dealkylation sites (tertiary alicyclic amines) is 1. The minimum absolute atomic E-state index is 0.0150. The third-order valence-corrected chi connectivity index (χ3v) is 4.94. The molecule has 0 atom stereocenters. The summed E-state index contributed by atoms with van der Waals surface area (Å²) in [6.45, 7) is 4.25. The van der Waals surface area contributed by atoms with Crippen LogP contribution in [0.4, 0.5) is 5.69 Å². The number of hydrogen-bond acceptors (Lipinski definition) is 5. The zero-order valence-electron chi connectivity index (χ0n) is 12.6. The van der Waals surface area contributed by atoms with Gasteiger partial charge in [-0.15, -0.1) is 0 Å². The van der Waals surface area contributed by atoms with Gasteiger partial charge in [-0.3, -0.25) is 15.0 Å². The lowest BCUT2D eigenvalue weighted by atomic mass is 9.77. The van der Waals surface area contributed by atoms with Gasteiger partial charge >= 0.3 is 5.69 Å². The standard InChI is InChI=1S/C15H21ClN2O4/c1-2-15(10-19)3-5-17(6-4-15)9-11-7-12(16)8-13(14(11)20)18(21)22/h7-8,19-20H,2-6,9-10H2,1H3. The van der Waals surface area contributed by atoms with E-state index in [-0.39, 0.29) is 28.5 Å². The number of aliphatic hydroxyl groups excluding tert-OH is 1. The molecule has 0 aromatic heterocycles. The molecular weight excluding hydrogens is 308 g/mol. The molecule has 0 radical (unpaired) electrons. The van der Waals surface area contributed by atoms with Crippen molar-refractivity contribution in [2.75, 3.05) is 19.7 Å². The van der Waals surface area contributed by atoms with E-state index in [1.54, 1.807) is 6.07 Å². The number of benzene rings is 1. The van der Waals surface area contributed by atoms with Crippen molar-refractivity contribution in [2.24, 2.45) is 5.41 Å². The van der Waals surface area contributed by atoms with Crippen LogP contribution in [0.25, 0.3) is 0 Å². The highest BCUT2D eigenvalue weighted by Crippen LogP contribution is 2.37. The Labute approximate surface area is 134 Å². The van der Waals surface area contributed by atoms with E-state index in [2.05, 4.69) is 11.8 Å². The number of aliphatic hydroxyl groups is 1. The molecule has 2 rings (SSSR count). The molecule has 22 heavy (non-hydrogen) atoms. The number of nitrogens with zero attached hydrogens (tertiary/aromatic N) is 2. The summed E-state index contributed by atoms with van der Waals surface area (Å²) in [4.78, 5) is 12.4. The first-order valence-electron chi connectivity index (χ1n) is 7.40. The molecule has 0 saturated carbocycles. The van der Waals surface area contributed by atoms with E-state index in [1.165, 1.54) is 0 Å². The van der Waals surface area contributed by atoms with Crippen molar-refractivity contribution in [3.05, 3.63) is 32.8 Å². The van der Waals surface area contributed by atoms with Crippen LogP contribution in [0.15, 0.2) is 12.1 Å². The summed E-state index contributed by atoms with van der Waals surface area (Å²) in [5, 5.41) is 30.8. The van der Waals surface area contributed by atoms with Crippen molar-refractivity contribution in [1.29, 1.82) is 0 Å². The van der Waals surface area contributed by atoms with Crippen LogP contribution in [0.2, 0.25) is 5.02 Å². The largest absolute Gasteiger partial charge is 0.502 e. The maximum absolute atomic E-state index is 10.9. The van der Waals surface area contributed by atoms with Crippen LogP contribution < -0.4 is 0 Å². The molecule has 1 aromatic carbocycles. The van der Waals surface area contributed by atoms with Gasteiger partial charge in [0, 0.05) is 29.8 Å². The van der Waals surface area contributed by atoms with Gasteiger partial charge in [-0.05, 0) is 43.8 Å². The second-order valence-electron chi connectivity index (χ2n) is 5.98. The van der Waals surface area contributed by atoms with Crippen LogP contribution in [0.1, 0.15) is 31.7 Å². The van der Waals surface area contributed by atoms with Gasteiger partial charge in [0.1, 0.15) is 0 Å². The number of aromatic hydroxyl groups is 1. The molecule has 0 aliphatic carbocycles. The first-order valence-corrected chi connectivity index (χ1v) is 7.77. The molecule has 1 aliphatic rings. The summed E-state index contributed by atoms with van der Waals surface area (Å²) >= 11 is 5.91. The van der Waals surface area contributed by atoms with Gasteiger partial charge in [0.2, 0.25) is 0 Å². The molecule has 7 heteroatoms. The van der Waals surface area contributed by atoms with Crippen LogP contribution in [0, 0.1) is 15.5 Å². The quantitative estimate of drug-likeness (QED) is 0.641. The molecular formula is C15H21ClN2O4.